The molecule has 0 saturated carbocycles. The maximum absolute atomic E-state index is 5.69. The number of hydrogen-bond acceptors (Lipinski definition) is 4. The van der Waals surface area contributed by atoms with Crippen LogP contribution >= 0.6 is 11.8 Å². The van der Waals surface area contributed by atoms with Crippen molar-refractivity contribution in [2.24, 2.45) is 0 Å². The first-order chi connectivity index (χ1) is 7.79. The van der Waals surface area contributed by atoms with Gasteiger partial charge in [-0.2, -0.15) is 0 Å². The Morgan fingerprint density at radius 1 is 1.44 bits per heavy atom. The Balaban J connectivity index is 1.80. The van der Waals surface area contributed by atoms with Crippen LogP contribution in [0.15, 0.2) is 16.5 Å². The molecule has 1 fully saturated rings. The van der Waals surface area contributed by atoms with Crippen LogP contribution in [0.1, 0.15) is 24.9 Å². The average Bonchev–Trinajstić information content (AvgIpc) is 2.86. The molecule has 0 radical (unpaired) electrons. The second-order valence-electron chi connectivity index (χ2n) is 4.11. The fraction of sp³-hybridized carbons (Fsp3) is 0.667. The maximum atomic E-state index is 5.69. The van der Waals surface area contributed by atoms with E-state index < -0.39 is 0 Å². The molecule has 0 aliphatic carbocycles. The highest BCUT2D eigenvalue weighted by Gasteiger charge is 2.24. The largest absolute Gasteiger partial charge is 0.464 e. The Bertz CT molecular complexity index is 327. The number of rotatable bonds is 5. The first kappa shape index (κ1) is 12.0. The molecule has 1 aromatic heterocycles. The van der Waals surface area contributed by atoms with E-state index in [1.54, 1.807) is 0 Å². The standard InChI is InChI=1S/C12H19NO2S/c1-9-12(5-6-14-9)16-8-11-4-3-10(15-11)7-13-2/h3-4,9,12-13H,5-8H2,1-2H3. The molecule has 0 aromatic carbocycles. The molecule has 1 aliphatic rings. The fourth-order valence-electron chi connectivity index (χ4n) is 1.89. The normalized spacial score (nSPS) is 25.1. The van der Waals surface area contributed by atoms with Gasteiger partial charge in [0, 0.05) is 11.9 Å². The molecule has 0 amide bonds. The minimum Gasteiger partial charge on any atom is -0.464 e. The van der Waals surface area contributed by atoms with Gasteiger partial charge >= 0.3 is 0 Å². The summed E-state index contributed by atoms with van der Waals surface area (Å²) in [5, 5.41) is 3.70. The molecule has 1 aromatic rings. The minimum absolute atomic E-state index is 0.386. The summed E-state index contributed by atoms with van der Waals surface area (Å²) >= 11 is 1.94. The predicted octanol–water partition coefficient (Wildman–Crippen LogP) is 2.41. The maximum Gasteiger partial charge on any atom is 0.117 e. The fourth-order valence-corrected chi connectivity index (χ4v) is 3.04. The Morgan fingerprint density at radius 3 is 2.94 bits per heavy atom. The van der Waals surface area contributed by atoms with E-state index in [1.165, 1.54) is 0 Å². The Morgan fingerprint density at radius 2 is 2.25 bits per heavy atom. The second-order valence-corrected chi connectivity index (χ2v) is 5.34. The van der Waals surface area contributed by atoms with E-state index in [0.717, 1.165) is 36.8 Å². The SMILES string of the molecule is CNCc1ccc(CSC2CCOC2C)o1. The van der Waals surface area contributed by atoms with Gasteiger partial charge < -0.3 is 14.5 Å². The summed E-state index contributed by atoms with van der Waals surface area (Å²) in [6.45, 7) is 3.86. The van der Waals surface area contributed by atoms with E-state index >= 15 is 0 Å². The van der Waals surface area contributed by atoms with Crippen molar-refractivity contribution in [3.05, 3.63) is 23.7 Å². The molecular weight excluding hydrogens is 222 g/mol. The van der Waals surface area contributed by atoms with E-state index in [9.17, 15) is 0 Å². The van der Waals surface area contributed by atoms with Crippen LogP contribution in [0.4, 0.5) is 0 Å². The van der Waals surface area contributed by atoms with Crippen molar-refractivity contribution >= 4 is 11.8 Å². The zero-order valence-corrected chi connectivity index (χ0v) is 10.7. The zero-order valence-electron chi connectivity index (χ0n) is 9.86. The van der Waals surface area contributed by atoms with Gasteiger partial charge in [0.2, 0.25) is 0 Å². The molecule has 1 saturated heterocycles. The summed E-state index contributed by atoms with van der Waals surface area (Å²) in [5.41, 5.74) is 0. The van der Waals surface area contributed by atoms with Gasteiger partial charge in [-0.3, -0.25) is 0 Å². The molecule has 1 aliphatic heterocycles. The van der Waals surface area contributed by atoms with Crippen LogP contribution in [0.3, 0.4) is 0 Å². The number of thioether (sulfide) groups is 1. The van der Waals surface area contributed by atoms with Crippen LogP contribution in [0.25, 0.3) is 0 Å². The molecule has 2 rings (SSSR count). The van der Waals surface area contributed by atoms with Crippen LogP contribution in [0.5, 0.6) is 0 Å². The smallest absolute Gasteiger partial charge is 0.117 e. The topological polar surface area (TPSA) is 34.4 Å². The summed E-state index contributed by atoms with van der Waals surface area (Å²) in [7, 11) is 1.93. The van der Waals surface area contributed by atoms with Crippen LogP contribution in [-0.4, -0.2) is 25.0 Å². The summed E-state index contributed by atoms with van der Waals surface area (Å²) in [5.74, 6) is 3.02. The third-order valence-corrected chi connectivity index (χ3v) is 4.31. The molecular formula is C12H19NO2S. The molecule has 0 bridgehead atoms. The lowest BCUT2D eigenvalue weighted by Gasteiger charge is -2.12. The molecule has 4 heteroatoms. The third-order valence-electron chi connectivity index (χ3n) is 2.81. The number of hydrogen-bond donors (Lipinski definition) is 1. The Hall–Kier alpha value is -0.450. The zero-order chi connectivity index (χ0) is 11.4. The van der Waals surface area contributed by atoms with Gasteiger partial charge in [0.15, 0.2) is 0 Å². The van der Waals surface area contributed by atoms with Crippen LogP contribution in [0, 0.1) is 0 Å². The van der Waals surface area contributed by atoms with Gasteiger partial charge in [-0.15, -0.1) is 11.8 Å². The molecule has 2 unspecified atom stereocenters. The number of ether oxygens (including phenoxy) is 1. The number of nitrogens with one attached hydrogen (secondary N) is 1. The molecule has 1 N–H and O–H groups in total. The first-order valence-corrected chi connectivity index (χ1v) is 6.80. The van der Waals surface area contributed by atoms with Crippen molar-refractivity contribution in [3.8, 4) is 0 Å². The van der Waals surface area contributed by atoms with E-state index in [4.69, 9.17) is 9.15 Å². The lowest BCUT2D eigenvalue weighted by molar-refractivity contribution is 0.127. The second kappa shape index (κ2) is 5.75. The minimum atomic E-state index is 0.386. The van der Waals surface area contributed by atoms with Gasteiger partial charge in [-0.1, -0.05) is 0 Å². The van der Waals surface area contributed by atoms with Crippen molar-refractivity contribution in [2.45, 2.75) is 37.0 Å². The lowest BCUT2D eigenvalue weighted by atomic mass is 10.3. The van der Waals surface area contributed by atoms with E-state index in [0.29, 0.717) is 11.4 Å². The van der Waals surface area contributed by atoms with Gasteiger partial charge in [-0.25, -0.2) is 0 Å². The predicted molar refractivity (Wildman–Crippen MR) is 66.6 cm³/mol. The van der Waals surface area contributed by atoms with Crippen LogP contribution < -0.4 is 5.32 Å². The summed E-state index contributed by atoms with van der Waals surface area (Å²) in [6, 6.07) is 4.11. The van der Waals surface area contributed by atoms with Crippen molar-refractivity contribution in [1.29, 1.82) is 0 Å². The van der Waals surface area contributed by atoms with Gasteiger partial charge in [-0.05, 0) is 32.5 Å². The molecule has 0 spiro atoms. The highest BCUT2D eigenvalue weighted by Crippen LogP contribution is 2.29. The molecule has 2 atom stereocenters. The molecule has 90 valence electrons. The summed E-state index contributed by atoms with van der Waals surface area (Å²) < 4.78 is 11.2. The average molecular weight is 241 g/mol. The highest BCUT2D eigenvalue weighted by atomic mass is 32.2. The first-order valence-electron chi connectivity index (χ1n) is 5.75. The quantitative estimate of drug-likeness (QED) is 0.858. The van der Waals surface area contributed by atoms with Gasteiger partial charge in [0.25, 0.3) is 0 Å². The van der Waals surface area contributed by atoms with E-state index in [2.05, 4.69) is 18.3 Å². The van der Waals surface area contributed by atoms with Crippen molar-refractivity contribution < 1.29 is 9.15 Å². The van der Waals surface area contributed by atoms with E-state index in [1.807, 2.05) is 24.9 Å². The highest BCUT2D eigenvalue weighted by molar-refractivity contribution is 7.99. The third kappa shape index (κ3) is 3.03. The van der Waals surface area contributed by atoms with Gasteiger partial charge in [0.1, 0.15) is 11.5 Å². The number of furan rings is 1. The summed E-state index contributed by atoms with van der Waals surface area (Å²) in [4.78, 5) is 0. The Labute approximate surface area is 101 Å². The van der Waals surface area contributed by atoms with Crippen molar-refractivity contribution in [3.63, 3.8) is 0 Å². The Kier molecular flexibility index (Phi) is 4.32. The monoisotopic (exact) mass is 241 g/mol. The molecule has 3 nitrogen and oxygen atoms in total. The molecule has 2 heterocycles. The lowest BCUT2D eigenvalue weighted by Crippen LogP contribution is -2.13. The summed E-state index contributed by atoms with van der Waals surface area (Å²) in [6.07, 6.45) is 1.55. The molecule has 16 heavy (non-hydrogen) atoms. The van der Waals surface area contributed by atoms with Gasteiger partial charge in [0.05, 0.1) is 18.4 Å². The van der Waals surface area contributed by atoms with Crippen LogP contribution in [-0.2, 0) is 17.0 Å². The van der Waals surface area contributed by atoms with Crippen LogP contribution in [0.2, 0.25) is 0 Å². The van der Waals surface area contributed by atoms with Crippen molar-refractivity contribution in [1.82, 2.24) is 5.32 Å². The van der Waals surface area contributed by atoms with E-state index in [-0.39, 0.29) is 0 Å². The van der Waals surface area contributed by atoms with Crippen molar-refractivity contribution in [2.75, 3.05) is 13.7 Å².